The van der Waals surface area contributed by atoms with E-state index in [0.717, 1.165) is 48.8 Å². The summed E-state index contributed by atoms with van der Waals surface area (Å²) >= 11 is 0. The van der Waals surface area contributed by atoms with Gasteiger partial charge in [0.2, 0.25) is 15.9 Å². The zero-order chi connectivity index (χ0) is 20.2. The summed E-state index contributed by atoms with van der Waals surface area (Å²) in [5, 5.41) is 3.06. The molecule has 1 saturated carbocycles. The smallest absolute Gasteiger partial charge is 0.241 e. The molecule has 2 rings (SSSR count). The molecule has 6 heteroatoms. The Hall–Kier alpha value is -1.40. The van der Waals surface area contributed by atoms with Gasteiger partial charge in [0, 0.05) is 18.5 Å². The molecule has 0 unspecified atom stereocenters. The third-order valence-corrected chi connectivity index (χ3v) is 7.38. The molecule has 1 amide bonds. The molecule has 1 aromatic rings. The fourth-order valence-corrected chi connectivity index (χ4v) is 5.55. The average Bonchev–Trinajstić information content (AvgIpc) is 2.59. The summed E-state index contributed by atoms with van der Waals surface area (Å²) in [6.07, 6.45) is 4.36. The van der Waals surface area contributed by atoms with E-state index in [9.17, 15) is 13.2 Å². The maximum atomic E-state index is 12.8. The summed E-state index contributed by atoms with van der Waals surface area (Å²) in [4.78, 5) is 12.7. The molecule has 1 aliphatic carbocycles. The van der Waals surface area contributed by atoms with E-state index in [0.29, 0.717) is 17.4 Å². The predicted molar refractivity (Wildman–Crippen MR) is 109 cm³/mol. The van der Waals surface area contributed by atoms with E-state index in [1.807, 2.05) is 39.8 Å². The maximum Gasteiger partial charge on any atom is 0.241 e. The van der Waals surface area contributed by atoms with Crippen LogP contribution >= 0.6 is 0 Å². The molecule has 0 aliphatic heterocycles. The molecule has 5 nitrogen and oxygen atoms in total. The van der Waals surface area contributed by atoms with Gasteiger partial charge in [0.25, 0.3) is 0 Å². The minimum Gasteiger partial charge on any atom is -0.353 e. The fourth-order valence-electron chi connectivity index (χ4n) is 3.98. The van der Waals surface area contributed by atoms with Gasteiger partial charge in [-0.2, -0.15) is 0 Å². The van der Waals surface area contributed by atoms with Crippen LogP contribution in [0, 0.1) is 32.6 Å². The second kappa shape index (κ2) is 9.20. The van der Waals surface area contributed by atoms with Gasteiger partial charge in [-0.15, -0.1) is 0 Å². The first kappa shape index (κ1) is 21.9. The van der Waals surface area contributed by atoms with Crippen molar-refractivity contribution in [2.75, 3.05) is 6.54 Å². The van der Waals surface area contributed by atoms with Crippen LogP contribution in [0.2, 0.25) is 0 Å². The third-order valence-electron chi connectivity index (χ3n) is 5.65. The van der Waals surface area contributed by atoms with Crippen LogP contribution in [0.15, 0.2) is 17.0 Å². The molecule has 152 valence electrons. The number of hydrogen-bond acceptors (Lipinski definition) is 3. The van der Waals surface area contributed by atoms with Gasteiger partial charge in [-0.3, -0.25) is 4.79 Å². The molecule has 0 heterocycles. The quantitative estimate of drug-likeness (QED) is 0.742. The number of amides is 1. The number of hydrogen-bond donors (Lipinski definition) is 2. The minimum atomic E-state index is -3.52. The lowest BCUT2D eigenvalue weighted by atomic mass is 9.81. The highest BCUT2D eigenvalue weighted by Crippen LogP contribution is 2.29. The van der Waals surface area contributed by atoms with Crippen molar-refractivity contribution in [1.29, 1.82) is 0 Å². The van der Waals surface area contributed by atoms with Crippen LogP contribution in [-0.2, 0) is 14.8 Å². The van der Waals surface area contributed by atoms with Gasteiger partial charge >= 0.3 is 0 Å². The van der Waals surface area contributed by atoms with Crippen LogP contribution in [0.25, 0.3) is 0 Å². The van der Waals surface area contributed by atoms with Gasteiger partial charge in [-0.25, -0.2) is 13.1 Å². The lowest BCUT2D eigenvalue weighted by Crippen LogP contribution is -2.39. The molecule has 1 fully saturated rings. The molecule has 0 saturated heterocycles. The summed E-state index contributed by atoms with van der Waals surface area (Å²) in [6.45, 7) is 10.2. The topological polar surface area (TPSA) is 75.3 Å². The van der Waals surface area contributed by atoms with E-state index < -0.39 is 10.0 Å². The van der Waals surface area contributed by atoms with E-state index in [4.69, 9.17) is 0 Å². The van der Waals surface area contributed by atoms with Crippen LogP contribution in [0.4, 0.5) is 0 Å². The molecular formula is C21H34N2O3S. The van der Waals surface area contributed by atoms with Crippen molar-refractivity contribution in [3.05, 3.63) is 28.8 Å². The highest BCUT2D eigenvalue weighted by molar-refractivity contribution is 7.89. The first-order chi connectivity index (χ1) is 12.6. The molecule has 0 spiro atoms. The zero-order valence-electron chi connectivity index (χ0n) is 17.3. The van der Waals surface area contributed by atoms with Crippen LogP contribution in [0.1, 0.15) is 62.6 Å². The van der Waals surface area contributed by atoms with E-state index in [1.165, 1.54) is 0 Å². The number of carbonyl (C=O) groups excluding carboxylic acids is 1. The molecular weight excluding hydrogens is 360 g/mol. The lowest BCUT2D eigenvalue weighted by molar-refractivity contribution is -0.126. The van der Waals surface area contributed by atoms with Crippen molar-refractivity contribution in [3.63, 3.8) is 0 Å². The monoisotopic (exact) mass is 394 g/mol. The maximum absolute atomic E-state index is 12.8. The fraction of sp³-hybridized carbons (Fsp3) is 0.667. The van der Waals surface area contributed by atoms with Crippen LogP contribution < -0.4 is 10.0 Å². The Bertz CT molecular complexity index is 743. The third kappa shape index (κ3) is 5.79. The van der Waals surface area contributed by atoms with Crippen molar-refractivity contribution in [3.8, 4) is 0 Å². The highest BCUT2D eigenvalue weighted by atomic mass is 32.2. The summed E-state index contributed by atoms with van der Waals surface area (Å²) in [7, 11) is -3.52. The molecule has 2 N–H and O–H groups in total. The Morgan fingerprint density at radius 3 is 2.19 bits per heavy atom. The second-order valence-corrected chi connectivity index (χ2v) is 9.82. The lowest BCUT2D eigenvalue weighted by Gasteiger charge is -2.28. The van der Waals surface area contributed by atoms with E-state index in [2.05, 4.69) is 17.0 Å². The summed E-state index contributed by atoms with van der Waals surface area (Å²) in [6, 6.07) is 4.02. The Morgan fingerprint density at radius 2 is 1.67 bits per heavy atom. The van der Waals surface area contributed by atoms with Gasteiger partial charge in [0.15, 0.2) is 0 Å². The van der Waals surface area contributed by atoms with Gasteiger partial charge < -0.3 is 5.32 Å². The largest absolute Gasteiger partial charge is 0.353 e. The van der Waals surface area contributed by atoms with Crippen LogP contribution in [-0.4, -0.2) is 26.9 Å². The minimum absolute atomic E-state index is 0.0634. The summed E-state index contributed by atoms with van der Waals surface area (Å²) in [5.41, 5.74) is 2.63. The van der Waals surface area contributed by atoms with E-state index >= 15 is 0 Å². The Balaban J connectivity index is 1.90. The predicted octanol–water partition coefficient (Wildman–Crippen LogP) is 3.61. The van der Waals surface area contributed by atoms with Crippen molar-refractivity contribution in [1.82, 2.24) is 10.0 Å². The second-order valence-electron chi connectivity index (χ2n) is 8.12. The molecule has 1 atom stereocenters. The van der Waals surface area contributed by atoms with Gasteiger partial charge in [-0.1, -0.05) is 24.6 Å². The summed E-state index contributed by atoms with van der Waals surface area (Å²) < 4.78 is 28.4. The molecule has 1 aliphatic rings. The first-order valence-electron chi connectivity index (χ1n) is 10.0. The Labute approximate surface area is 164 Å². The number of rotatable bonds is 7. The molecule has 27 heavy (non-hydrogen) atoms. The van der Waals surface area contributed by atoms with Crippen LogP contribution in [0.3, 0.4) is 0 Å². The molecule has 0 radical (unpaired) electrons. The number of sulfonamides is 1. The highest BCUT2D eigenvalue weighted by Gasteiger charge is 2.28. The Morgan fingerprint density at radius 1 is 1.11 bits per heavy atom. The van der Waals surface area contributed by atoms with E-state index in [1.54, 1.807) is 0 Å². The van der Waals surface area contributed by atoms with Crippen molar-refractivity contribution in [2.45, 2.75) is 77.7 Å². The van der Waals surface area contributed by atoms with Crippen molar-refractivity contribution >= 4 is 15.9 Å². The number of benzene rings is 1. The standard InChI is InChI=1S/C21H34N2O3S/c1-6-17(5)23-21(24)19-9-7-18(8-10-19)13-22-27(25,26)20-15(3)11-14(2)12-16(20)4/h11-12,17-19,22H,6-10,13H2,1-5H3,(H,23,24)/t17-,18?,19?/m1/s1. The SMILES string of the molecule is CC[C@@H](C)NC(=O)C1CCC(CNS(=O)(=O)c2c(C)cc(C)cc2C)CC1. The number of aryl methyl sites for hydroxylation is 3. The van der Waals surface area contributed by atoms with Gasteiger partial charge in [0.1, 0.15) is 0 Å². The van der Waals surface area contributed by atoms with Gasteiger partial charge in [0.05, 0.1) is 4.90 Å². The van der Waals surface area contributed by atoms with Crippen molar-refractivity contribution < 1.29 is 13.2 Å². The normalized spacial score (nSPS) is 21.7. The number of carbonyl (C=O) groups is 1. The molecule has 1 aromatic carbocycles. The summed E-state index contributed by atoms with van der Waals surface area (Å²) in [5.74, 6) is 0.501. The first-order valence-corrected chi connectivity index (χ1v) is 11.5. The Kier molecular flexibility index (Phi) is 7.46. The van der Waals surface area contributed by atoms with Crippen LogP contribution in [0.5, 0.6) is 0 Å². The molecule has 0 bridgehead atoms. The average molecular weight is 395 g/mol. The van der Waals surface area contributed by atoms with E-state index in [-0.39, 0.29) is 17.9 Å². The number of nitrogens with one attached hydrogen (secondary N) is 2. The van der Waals surface area contributed by atoms with Crippen molar-refractivity contribution in [2.24, 2.45) is 11.8 Å². The zero-order valence-corrected chi connectivity index (χ0v) is 18.1. The molecule has 0 aromatic heterocycles. The van der Waals surface area contributed by atoms with Gasteiger partial charge in [-0.05, 0) is 76.8 Å².